The molecule has 4 heteroatoms. The highest BCUT2D eigenvalue weighted by Crippen LogP contribution is 2.34. The van der Waals surface area contributed by atoms with Crippen molar-refractivity contribution >= 4 is 27.3 Å². The summed E-state index contributed by atoms with van der Waals surface area (Å²) in [4.78, 5) is 12.4. The van der Waals surface area contributed by atoms with Crippen LogP contribution >= 0.6 is 11.3 Å². The van der Waals surface area contributed by atoms with Crippen molar-refractivity contribution in [3.05, 3.63) is 35.2 Å². The van der Waals surface area contributed by atoms with Crippen LogP contribution in [0.2, 0.25) is 0 Å². The Hall–Kier alpha value is -1.39. The van der Waals surface area contributed by atoms with Crippen LogP contribution in [0.15, 0.2) is 29.6 Å². The van der Waals surface area contributed by atoms with Crippen molar-refractivity contribution in [1.82, 2.24) is 10.6 Å². The molecule has 4 rings (SSSR count). The molecule has 1 aromatic carbocycles. The van der Waals surface area contributed by atoms with E-state index in [4.69, 9.17) is 0 Å². The van der Waals surface area contributed by atoms with E-state index in [2.05, 4.69) is 22.1 Å². The number of fused-ring (bicyclic) bond motifs is 2. The molecule has 1 aliphatic heterocycles. The number of hydrogen-bond acceptors (Lipinski definition) is 3. The second kappa shape index (κ2) is 4.86. The van der Waals surface area contributed by atoms with Crippen LogP contribution in [0.25, 0.3) is 10.1 Å². The lowest BCUT2D eigenvalue weighted by molar-refractivity contribution is 0.0798. The molecule has 2 N–H and O–H groups in total. The molecule has 1 saturated heterocycles. The first-order chi connectivity index (χ1) is 9.81. The summed E-state index contributed by atoms with van der Waals surface area (Å²) in [6.07, 6.45) is 3.55. The molecule has 2 heterocycles. The molecular weight excluding hydrogens is 268 g/mol. The van der Waals surface area contributed by atoms with E-state index in [1.54, 1.807) is 11.3 Å². The predicted molar refractivity (Wildman–Crippen MR) is 82.2 cm³/mol. The molecule has 2 fully saturated rings. The highest BCUT2D eigenvalue weighted by atomic mass is 32.1. The zero-order chi connectivity index (χ0) is 13.5. The first-order valence-corrected chi connectivity index (χ1v) is 8.21. The Balaban J connectivity index is 1.51. The van der Waals surface area contributed by atoms with Crippen LogP contribution in [0.4, 0.5) is 0 Å². The Morgan fingerprint density at radius 3 is 3.05 bits per heavy atom. The molecule has 104 valence electrons. The molecule has 20 heavy (non-hydrogen) atoms. The zero-order valence-electron chi connectivity index (χ0n) is 11.3. The highest BCUT2D eigenvalue weighted by Gasteiger charge is 2.40. The number of benzene rings is 1. The van der Waals surface area contributed by atoms with Gasteiger partial charge in [0.25, 0.3) is 5.91 Å². The minimum atomic E-state index is 0.0793. The average Bonchev–Trinajstić information content (AvgIpc) is 2.88. The van der Waals surface area contributed by atoms with Crippen molar-refractivity contribution in [3.8, 4) is 0 Å². The third kappa shape index (κ3) is 2.03. The van der Waals surface area contributed by atoms with E-state index < -0.39 is 0 Å². The largest absolute Gasteiger partial charge is 0.349 e. The third-order valence-corrected chi connectivity index (χ3v) is 5.64. The van der Waals surface area contributed by atoms with E-state index in [9.17, 15) is 4.79 Å². The van der Waals surface area contributed by atoms with Gasteiger partial charge in [-0.15, -0.1) is 11.3 Å². The maximum atomic E-state index is 12.4. The summed E-state index contributed by atoms with van der Waals surface area (Å²) in [6.45, 7) is 1.02. The molecule has 2 unspecified atom stereocenters. The number of amides is 1. The van der Waals surface area contributed by atoms with E-state index in [-0.39, 0.29) is 5.91 Å². The monoisotopic (exact) mass is 286 g/mol. The first kappa shape index (κ1) is 12.4. The number of thiophene rings is 1. The molecule has 1 aromatic heterocycles. The molecule has 2 aliphatic rings. The van der Waals surface area contributed by atoms with Gasteiger partial charge in [-0.05, 0) is 66.8 Å². The smallest absolute Gasteiger partial charge is 0.251 e. The fourth-order valence-electron chi connectivity index (χ4n) is 3.44. The van der Waals surface area contributed by atoms with Gasteiger partial charge in [-0.25, -0.2) is 0 Å². The maximum absolute atomic E-state index is 12.4. The minimum absolute atomic E-state index is 0.0793. The molecule has 0 bridgehead atoms. The van der Waals surface area contributed by atoms with Gasteiger partial charge in [0.1, 0.15) is 0 Å². The highest BCUT2D eigenvalue weighted by molar-refractivity contribution is 7.17. The van der Waals surface area contributed by atoms with E-state index in [0.717, 1.165) is 23.9 Å². The number of carbonyl (C=O) groups excluding carboxylic acids is 1. The SMILES string of the molecule is O=C(N[C@@H]1CCNC2CCC21)c1ccc2sccc2c1. The summed E-state index contributed by atoms with van der Waals surface area (Å²) >= 11 is 1.71. The molecule has 0 radical (unpaired) electrons. The van der Waals surface area contributed by atoms with Gasteiger partial charge in [0.2, 0.25) is 0 Å². The molecule has 1 saturated carbocycles. The summed E-state index contributed by atoms with van der Waals surface area (Å²) in [5.41, 5.74) is 0.783. The maximum Gasteiger partial charge on any atom is 0.251 e. The molecule has 2 aromatic rings. The van der Waals surface area contributed by atoms with E-state index in [1.165, 1.54) is 17.5 Å². The number of hydrogen-bond donors (Lipinski definition) is 2. The fourth-order valence-corrected chi connectivity index (χ4v) is 4.21. The van der Waals surface area contributed by atoms with Crippen LogP contribution in [-0.4, -0.2) is 24.5 Å². The van der Waals surface area contributed by atoms with Crippen molar-refractivity contribution in [3.63, 3.8) is 0 Å². The van der Waals surface area contributed by atoms with Crippen LogP contribution in [0.1, 0.15) is 29.6 Å². The molecule has 3 nitrogen and oxygen atoms in total. The molecule has 0 spiro atoms. The van der Waals surface area contributed by atoms with Gasteiger partial charge < -0.3 is 10.6 Å². The fraction of sp³-hybridized carbons (Fsp3) is 0.438. The first-order valence-electron chi connectivity index (χ1n) is 7.33. The van der Waals surface area contributed by atoms with Gasteiger partial charge in [-0.1, -0.05) is 0 Å². The summed E-state index contributed by atoms with van der Waals surface area (Å²) < 4.78 is 1.24. The van der Waals surface area contributed by atoms with Crippen LogP contribution < -0.4 is 10.6 Å². The van der Waals surface area contributed by atoms with E-state index in [1.807, 2.05) is 18.2 Å². The van der Waals surface area contributed by atoms with Crippen molar-refractivity contribution < 1.29 is 4.79 Å². The topological polar surface area (TPSA) is 41.1 Å². The molecular formula is C16H18N2OS. The zero-order valence-corrected chi connectivity index (χ0v) is 12.1. The normalized spacial score (nSPS) is 28.7. The lowest BCUT2D eigenvalue weighted by atomic mass is 9.71. The lowest BCUT2D eigenvalue weighted by Gasteiger charge is -2.46. The quantitative estimate of drug-likeness (QED) is 0.891. The summed E-state index contributed by atoms with van der Waals surface area (Å²) in [6, 6.07) is 9.04. The standard InChI is InChI=1S/C16H18N2OS/c19-16(11-1-4-15-10(9-11)6-8-20-15)18-14-5-7-17-13-3-2-12(13)14/h1,4,6,8-9,12-14,17H,2-3,5,7H2,(H,18,19)/t12?,13?,14-/m1/s1. The number of piperidine rings is 1. The number of nitrogens with one attached hydrogen (secondary N) is 2. The van der Waals surface area contributed by atoms with Crippen molar-refractivity contribution in [2.24, 2.45) is 5.92 Å². The Labute approximate surface area is 122 Å². The van der Waals surface area contributed by atoms with E-state index >= 15 is 0 Å². The second-order valence-corrected chi connectivity index (χ2v) is 6.79. The molecule has 1 aliphatic carbocycles. The molecule has 3 atom stereocenters. The Kier molecular flexibility index (Phi) is 3.00. The summed E-state index contributed by atoms with van der Waals surface area (Å²) in [7, 11) is 0. The summed E-state index contributed by atoms with van der Waals surface area (Å²) in [5, 5.41) is 10.0. The van der Waals surface area contributed by atoms with Gasteiger partial charge in [0.15, 0.2) is 0 Å². The minimum Gasteiger partial charge on any atom is -0.349 e. The van der Waals surface area contributed by atoms with Crippen molar-refractivity contribution in [2.75, 3.05) is 6.54 Å². The molecule has 1 amide bonds. The Morgan fingerprint density at radius 2 is 2.20 bits per heavy atom. The lowest BCUT2D eigenvalue weighted by Crippen LogP contribution is -2.59. The Bertz CT molecular complexity index is 651. The van der Waals surface area contributed by atoms with Crippen molar-refractivity contribution in [1.29, 1.82) is 0 Å². The number of rotatable bonds is 2. The number of carbonyl (C=O) groups is 1. The van der Waals surface area contributed by atoms with Gasteiger partial charge in [0, 0.05) is 22.3 Å². The van der Waals surface area contributed by atoms with Gasteiger partial charge in [-0.2, -0.15) is 0 Å². The van der Waals surface area contributed by atoms with Gasteiger partial charge in [0.05, 0.1) is 0 Å². The summed E-state index contributed by atoms with van der Waals surface area (Å²) in [5.74, 6) is 0.716. The third-order valence-electron chi connectivity index (χ3n) is 4.74. The van der Waals surface area contributed by atoms with Crippen LogP contribution in [-0.2, 0) is 0 Å². The van der Waals surface area contributed by atoms with Crippen molar-refractivity contribution in [2.45, 2.75) is 31.3 Å². The second-order valence-electron chi connectivity index (χ2n) is 5.84. The predicted octanol–water partition coefficient (Wildman–Crippen LogP) is 2.77. The average molecular weight is 286 g/mol. The Morgan fingerprint density at radius 1 is 1.25 bits per heavy atom. The van der Waals surface area contributed by atoms with Gasteiger partial charge >= 0.3 is 0 Å². The van der Waals surface area contributed by atoms with Crippen LogP contribution in [0, 0.1) is 5.92 Å². The van der Waals surface area contributed by atoms with Crippen LogP contribution in [0.3, 0.4) is 0 Å². The van der Waals surface area contributed by atoms with Crippen LogP contribution in [0.5, 0.6) is 0 Å². The van der Waals surface area contributed by atoms with E-state index in [0.29, 0.717) is 18.0 Å². The van der Waals surface area contributed by atoms with Gasteiger partial charge in [-0.3, -0.25) is 4.79 Å².